The molecule has 0 aliphatic carbocycles. The first kappa shape index (κ1) is 18.7. The van der Waals surface area contributed by atoms with Gasteiger partial charge in [0.15, 0.2) is 0 Å². The van der Waals surface area contributed by atoms with Gasteiger partial charge in [-0.1, -0.05) is 6.07 Å². The Morgan fingerprint density at radius 3 is 2.07 bits per heavy atom. The van der Waals surface area contributed by atoms with Gasteiger partial charge in [-0.25, -0.2) is 13.1 Å². The van der Waals surface area contributed by atoms with Crippen LogP contribution in [0.4, 0.5) is 0 Å². The predicted molar refractivity (Wildman–Crippen MR) is 100 cm³/mol. The summed E-state index contributed by atoms with van der Waals surface area (Å²) in [6, 6.07) is 13.0. The molecule has 0 saturated heterocycles. The SMILES string of the molecule is O=C(NCc1ccncc1)c1cccc(S(=O)(=O)NCc2ccncc2)c1. The number of sulfonamides is 1. The largest absolute Gasteiger partial charge is 0.348 e. The molecule has 2 heterocycles. The van der Waals surface area contributed by atoms with Gasteiger partial charge < -0.3 is 5.32 Å². The maximum Gasteiger partial charge on any atom is 0.251 e. The molecule has 0 atom stereocenters. The van der Waals surface area contributed by atoms with Crippen molar-refractivity contribution >= 4 is 15.9 Å². The first-order chi connectivity index (χ1) is 13.0. The molecule has 3 rings (SSSR count). The van der Waals surface area contributed by atoms with E-state index >= 15 is 0 Å². The number of rotatable bonds is 7. The topological polar surface area (TPSA) is 101 Å². The summed E-state index contributed by atoms with van der Waals surface area (Å²) in [4.78, 5) is 20.2. The minimum absolute atomic E-state index is 0.0353. The number of benzene rings is 1. The van der Waals surface area contributed by atoms with E-state index in [-0.39, 0.29) is 22.9 Å². The summed E-state index contributed by atoms with van der Waals surface area (Å²) in [5.74, 6) is -0.349. The summed E-state index contributed by atoms with van der Waals surface area (Å²) in [5.41, 5.74) is 1.97. The molecule has 2 N–H and O–H groups in total. The molecule has 3 aromatic rings. The van der Waals surface area contributed by atoms with E-state index in [1.165, 1.54) is 12.1 Å². The Morgan fingerprint density at radius 2 is 1.44 bits per heavy atom. The van der Waals surface area contributed by atoms with E-state index in [1.54, 1.807) is 61.2 Å². The fraction of sp³-hybridized carbons (Fsp3) is 0.105. The van der Waals surface area contributed by atoms with E-state index in [0.29, 0.717) is 6.54 Å². The zero-order valence-electron chi connectivity index (χ0n) is 14.4. The van der Waals surface area contributed by atoms with E-state index < -0.39 is 10.0 Å². The van der Waals surface area contributed by atoms with E-state index in [0.717, 1.165) is 11.1 Å². The van der Waals surface area contributed by atoms with Crippen LogP contribution in [0.25, 0.3) is 0 Å². The van der Waals surface area contributed by atoms with Gasteiger partial charge in [0, 0.05) is 43.4 Å². The van der Waals surface area contributed by atoms with Gasteiger partial charge in [-0.2, -0.15) is 0 Å². The van der Waals surface area contributed by atoms with Crippen molar-refractivity contribution in [3.05, 3.63) is 90.0 Å². The Kier molecular flexibility index (Phi) is 5.90. The molecule has 0 spiro atoms. The van der Waals surface area contributed by atoms with Crippen LogP contribution in [0, 0.1) is 0 Å². The molecular formula is C19H18N4O3S. The summed E-state index contributed by atoms with van der Waals surface area (Å²) in [7, 11) is -3.74. The molecule has 0 saturated carbocycles. The zero-order chi connectivity index (χ0) is 19.1. The van der Waals surface area contributed by atoms with Gasteiger partial charge in [-0.05, 0) is 53.6 Å². The smallest absolute Gasteiger partial charge is 0.251 e. The number of aromatic nitrogens is 2. The van der Waals surface area contributed by atoms with Crippen molar-refractivity contribution in [2.45, 2.75) is 18.0 Å². The van der Waals surface area contributed by atoms with Crippen LogP contribution in [0.15, 0.2) is 78.2 Å². The average molecular weight is 382 g/mol. The molecular weight excluding hydrogens is 364 g/mol. The normalized spacial score (nSPS) is 11.1. The van der Waals surface area contributed by atoms with Crippen LogP contribution in [-0.4, -0.2) is 24.3 Å². The highest BCUT2D eigenvalue weighted by molar-refractivity contribution is 7.89. The second-order valence-electron chi connectivity index (χ2n) is 5.75. The Labute approximate surface area is 157 Å². The molecule has 0 unspecified atom stereocenters. The van der Waals surface area contributed by atoms with Crippen LogP contribution in [0.3, 0.4) is 0 Å². The first-order valence-corrected chi connectivity index (χ1v) is 9.69. The molecule has 2 aromatic heterocycles. The number of carbonyl (C=O) groups is 1. The molecule has 0 fully saturated rings. The molecule has 0 aliphatic rings. The lowest BCUT2D eigenvalue weighted by molar-refractivity contribution is 0.0950. The van der Waals surface area contributed by atoms with Crippen LogP contribution in [0.1, 0.15) is 21.5 Å². The minimum atomic E-state index is -3.74. The third-order valence-corrected chi connectivity index (χ3v) is 5.22. The molecule has 0 bridgehead atoms. The number of hydrogen-bond donors (Lipinski definition) is 2. The zero-order valence-corrected chi connectivity index (χ0v) is 15.2. The lowest BCUT2D eigenvalue weighted by atomic mass is 10.2. The molecule has 0 radical (unpaired) electrons. The van der Waals surface area contributed by atoms with Crippen LogP contribution >= 0.6 is 0 Å². The monoisotopic (exact) mass is 382 g/mol. The van der Waals surface area contributed by atoms with Crippen molar-refractivity contribution in [2.24, 2.45) is 0 Å². The Balaban J connectivity index is 1.67. The summed E-state index contributed by atoms with van der Waals surface area (Å²) in [6.07, 6.45) is 6.47. The van der Waals surface area contributed by atoms with Crippen LogP contribution < -0.4 is 10.0 Å². The van der Waals surface area contributed by atoms with Crippen molar-refractivity contribution in [3.63, 3.8) is 0 Å². The number of amides is 1. The maximum atomic E-state index is 12.5. The summed E-state index contributed by atoms with van der Waals surface area (Å²) in [6.45, 7) is 0.474. The van der Waals surface area contributed by atoms with Crippen molar-refractivity contribution in [3.8, 4) is 0 Å². The highest BCUT2D eigenvalue weighted by Crippen LogP contribution is 2.12. The van der Waals surface area contributed by atoms with Crippen molar-refractivity contribution in [1.29, 1.82) is 0 Å². The van der Waals surface area contributed by atoms with Gasteiger partial charge in [-0.3, -0.25) is 14.8 Å². The fourth-order valence-corrected chi connectivity index (χ4v) is 3.42. The second-order valence-corrected chi connectivity index (χ2v) is 7.51. The van der Waals surface area contributed by atoms with Gasteiger partial charge in [0.05, 0.1) is 4.90 Å². The quantitative estimate of drug-likeness (QED) is 0.650. The lowest BCUT2D eigenvalue weighted by Crippen LogP contribution is -2.25. The highest BCUT2D eigenvalue weighted by atomic mass is 32.2. The Hall–Kier alpha value is -3.10. The lowest BCUT2D eigenvalue weighted by Gasteiger charge is -2.09. The Bertz CT molecular complexity index is 1010. The van der Waals surface area contributed by atoms with Gasteiger partial charge in [-0.15, -0.1) is 0 Å². The molecule has 1 amide bonds. The van der Waals surface area contributed by atoms with E-state index in [2.05, 4.69) is 20.0 Å². The van der Waals surface area contributed by atoms with E-state index in [4.69, 9.17) is 0 Å². The summed E-state index contributed by atoms with van der Waals surface area (Å²) in [5, 5.41) is 2.76. The number of hydrogen-bond acceptors (Lipinski definition) is 5. The molecule has 8 heteroatoms. The molecule has 0 aliphatic heterocycles. The third-order valence-electron chi connectivity index (χ3n) is 3.82. The molecule has 27 heavy (non-hydrogen) atoms. The second kappa shape index (κ2) is 8.52. The Morgan fingerprint density at radius 1 is 0.852 bits per heavy atom. The van der Waals surface area contributed by atoms with Gasteiger partial charge in [0.2, 0.25) is 10.0 Å². The number of pyridine rings is 2. The van der Waals surface area contributed by atoms with Crippen LogP contribution in [-0.2, 0) is 23.1 Å². The molecule has 138 valence electrons. The maximum absolute atomic E-state index is 12.5. The number of carbonyl (C=O) groups excluding carboxylic acids is 1. The fourth-order valence-electron chi connectivity index (χ4n) is 2.35. The first-order valence-electron chi connectivity index (χ1n) is 8.20. The van der Waals surface area contributed by atoms with Gasteiger partial charge in [0.25, 0.3) is 5.91 Å². The van der Waals surface area contributed by atoms with Crippen molar-refractivity contribution in [1.82, 2.24) is 20.0 Å². The molecule has 7 nitrogen and oxygen atoms in total. The van der Waals surface area contributed by atoms with E-state index in [1.807, 2.05) is 0 Å². The van der Waals surface area contributed by atoms with E-state index in [9.17, 15) is 13.2 Å². The average Bonchev–Trinajstić information content (AvgIpc) is 2.72. The summed E-state index contributed by atoms with van der Waals surface area (Å²) >= 11 is 0. The highest BCUT2D eigenvalue weighted by Gasteiger charge is 2.16. The minimum Gasteiger partial charge on any atom is -0.348 e. The van der Waals surface area contributed by atoms with Crippen LogP contribution in [0.5, 0.6) is 0 Å². The predicted octanol–water partition coefficient (Wildman–Crippen LogP) is 1.89. The standard InChI is InChI=1S/C19H18N4O3S/c24-19(22-13-15-4-8-20-9-5-15)17-2-1-3-18(12-17)27(25,26)23-14-16-6-10-21-11-7-16/h1-12,23H,13-14H2,(H,22,24). The van der Waals surface area contributed by atoms with Crippen LogP contribution in [0.2, 0.25) is 0 Å². The number of nitrogens with one attached hydrogen (secondary N) is 2. The summed E-state index contributed by atoms with van der Waals surface area (Å²) < 4.78 is 27.5. The third kappa shape index (κ3) is 5.19. The van der Waals surface area contributed by atoms with Gasteiger partial charge >= 0.3 is 0 Å². The molecule has 1 aromatic carbocycles. The van der Waals surface area contributed by atoms with Gasteiger partial charge in [0.1, 0.15) is 0 Å². The number of nitrogens with zero attached hydrogens (tertiary/aromatic N) is 2. The van der Waals surface area contributed by atoms with Crippen molar-refractivity contribution < 1.29 is 13.2 Å². The van der Waals surface area contributed by atoms with Crippen molar-refractivity contribution in [2.75, 3.05) is 0 Å².